The van der Waals surface area contributed by atoms with Crippen molar-refractivity contribution in [3.05, 3.63) is 28.8 Å². The number of rotatable bonds is 7. The highest BCUT2D eigenvalue weighted by Crippen LogP contribution is 2.22. The Morgan fingerprint density at radius 3 is 2.60 bits per heavy atom. The van der Waals surface area contributed by atoms with Crippen LogP contribution in [0.2, 0.25) is 5.02 Å². The zero-order chi connectivity index (χ0) is 18.2. The maximum absolute atomic E-state index is 12.3. The molecule has 0 atom stereocenters. The van der Waals surface area contributed by atoms with Crippen molar-refractivity contribution in [2.45, 2.75) is 19.8 Å². The first-order valence-electron chi connectivity index (χ1n) is 8.59. The number of nitrogens with one attached hydrogen (secondary N) is 1. The molecule has 1 N–H and O–H groups in total. The number of likely N-dealkylation sites (N-methyl/N-ethyl adjacent to an activating group) is 1. The van der Waals surface area contributed by atoms with Crippen LogP contribution in [0.25, 0.3) is 0 Å². The van der Waals surface area contributed by atoms with Gasteiger partial charge in [-0.15, -0.1) is 0 Å². The van der Waals surface area contributed by atoms with Crippen LogP contribution in [-0.4, -0.2) is 68.0 Å². The molecule has 1 aromatic carbocycles. The van der Waals surface area contributed by atoms with E-state index in [9.17, 15) is 9.59 Å². The average Bonchev–Trinajstić information content (AvgIpc) is 2.60. The fourth-order valence-electron chi connectivity index (χ4n) is 2.78. The number of hydrogen-bond acceptors (Lipinski definition) is 4. The predicted octanol–water partition coefficient (Wildman–Crippen LogP) is 1.70. The summed E-state index contributed by atoms with van der Waals surface area (Å²) < 4.78 is 5.72. The van der Waals surface area contributed by atoms with Crippen molar-refractivity contribution in [2.75, 3.05) is 46.4 Å². The second kappa shape index (κ2) is 9.63. The molecule has 1 aliphatic rings. The number of halogens is 1. The smallest absolute Gasteiger partial charge is 0.233 e. The third-order valence-electron chi connectivity index (χ3n) is 4.30. The summed E-state index contributed by atoms with van der Waals surface area (Å²) in [6.07, 6.45) is 1.15. The highest BCUT2D eigenvalue weighted by atomic mass is 35.5. The largest absolute Gasteiger partial charge is 0.493 e. The minimum absolute atomic E-state index is 0.00872. The van der Waals surface area contributed by atoms with Gasteiger partial charge in [-0.3, -0.25) is 14.5 Å². The number of carbonyl (C=O) groups is 2. The van der Waals surface area contributed by atoms with Crippen molar-refractivity contribution < 1.29 is 14.3 Å². The van der Waals surface area contributed by atoms with Gasteiger partial charge in [-0.2, -0.15) is 0 Å². The normalized spacial score (nSPS) is 15.1. The van der Waals surface area contributed by atoms with Gasteiger partial charge in [0, 0.05) is 44.7 Å². The van der Waals surface area contributed by atoms with Gasteiger partial charge in [0.1, 0.15) is 5.75 Å². The van der Waals surface area contributed by atoms with Gasteiger partial charge < -0.3 is 15.0 Å². The number of aryl methyl sites for hydroxylation is 1. The van der Waals surface area contributed by atoms with Gasteiger partial charge in [-0.1, -0.05) is 11.6 Å². The summed E-state index contributed by atoms with van der Waals surface area (Å²) in [6.45, 7) is 5.67. The van der Waals surface area contributed by atoms with E-state index in [0.717, 1.165) is 24.4 Å². The summed E-state index contributed by atoms with van der Waals surface area (Å²) in [5, 5.41) is 3.31. The molecule has 0 radical (unpaired) electrons. The third-order valence-corrected chi connectivity index (χ3v) is 4.54. The Bertz CT molecular complexity index is 601. The average molecular weight is 368 g/mol. The summed E-state index contributed by atoms with van der Waals surface area (Å²) in [5.41, 5.74) is 0.992. The van der Waals surface area contributed by atoms with Crippen molar-refractivity contribution in [3.8, 4) is 5.75 Å². The minimum atomic E-state index is 0.00872. The third kappa shape index (κ3) is 6.21. The lowest BCUT2D eigenvalue weighted by Crippen LogP contribution is -2.50. The first-order chi connectivity index (χ1) is 12.0. The maximum Gasteiger partial charge on any atom is 0.233 e. The molecule has 1 fully saturated rings. The van der Waals surface area contributed by atoms with Gasteiger partial charge in [0.15, 0.2) is 0 Å². The quantitative estimate of drug-likeness (QED) is 0.745. The van der Waals surface area contributed by atoms with Gasteiger partial charge in [-0.25, -0.2) is 0 Å². The van der Waals surface area contributed by atoms with Crippen LogP contribution in [0.1, 0.15) is 18.4 Å². The van der Waals surface area contributed by atoms with E-state index in [-0.39, 0.29) is 11.8 Å². The van der Waals surface area contributed by atoms with E-state index in [2.05, 4.69) is 10.2 Å². The van der Waals surface area contributed by atoms with Gasteiger partial charge in [0.25, 0.3) is 0 Å². The van der Waals surface area contributed by atoms with Crippen LogP contribution >= 0.6 is 11.6 Å². The Balaban J connectivity index is 1.65. The molecule has 7 heteroatoms. The zero-order valence-corrected chi connectivity index (χ0v) is 15.6. The number of nitrogens with zero attached hydrogens (tertiary/aromatic N) is 2. The molecule has 1 aromatic rings. The Hall–Kier alpha value is -1.79. The molecular weight excluding hydrogens is 342 g/mol. The van der Waals surface area contributed by atoms with Crippen molar-refractivity contribution in [1.82, 2.24) is 15.1 Å². The topological polar surface area (TPSA) is 61.9 Å². The fourth-order valence-corrected chi connectivity index (χ4v) is 3.00. The molecule has 0 aromatic heterocycles. The first kappa shape index (κ1) is 19.5. The van der Waals surface area contributed by atoms with E-state index >= 15 is 0 Å². The predicted molar refractivity (Wildman–Crippen MR) is 98.0 cm³/mol. The molecule has 0 unspecified atom stereocenters. The Morgan fingerprint density at radius 2 is 1.96 bits per heavy atom. The van der Waals surface area contributed by atoms with E-state index < -0.39 is 0 Å². The molecule has 0 aliphatic carbocycles. The lowest BCUT2D eigenvalue weighted by molar-refractivity contribution is -0.133. The Labute approximate surface area is 154 Å². The van der Waals surface area contributed by atoms with Crippen molar-refractivity contribution in [3.63, 3.8) is 0 Å². The van der Waals surface area contributed by atoms with Crippen LogP contribution in [0.5, 0.6) is 5.75 Å². The number of benzene rings is 1. The number of hydrogen-bond donors (Lipinski definition) is 1. The lowest BCUT2D eigenvalue weighted by Gasteiger charge is -2.34. The van der Waals surface area contributed by atoms with Crippen LogP contribution in [0.15, 0.2) is 18.2 Å². The standard InChI is InChI=1S/C18H26ClN3O3/c1-14-12-15(19)5-6-16(14)25-11-3-4-18(24)22-9-7-21(8-10-22)13-17(23)20-2/h5-6,12H,3-4,7-11,13H2,1-2H3,(H,20,23). The summed E-state index contributed by atoms with van der Waals surface area (Å²) in [5.74, 6) is 0.963. The molecule has 0 saturated carbocycles. The second-order valence-electron chi connectivity index (χ2n) is 6.19. The fraction of sp³-hybridized carbons (Fsp3) is 0.556. The van der Waals surface area contributed by atoms with E-state index in [1.54, 1.807) is 13.1 Å². The van der Waals surface area contributed by atoms with Crippen LogP contribution in [-0.2, 0) is 9.59 Å². The molecular formula is C18H26ClN3O3. The van der Waals surface area contributed by atoms with Crippen LogP contribution in [0.4, 0.5) is 0 Å². The Kier molecular flexibility index (Phi) is 7.52. The lowest BCUT2D eigenvalue weighted by atomic mass is 10.2. The van der Waals surface area contributed by atoms with Gasteiger partial charge in [-0.05, 0) is 37.1 Å². The number of carbonyl (C=O) groups excluding carboxylic acids is 2. The SMILES string of the molecule is CNC(=O)CN1CCN(C(=O)CCCOc2ccc(Cl)cc2C)CC1. The van der Waals surface area contributed by atoms with Crippen LogP contribution in [0, 0.1) is 6.92 Å². The molecule has 2 rings (SSSR count). The maximum atomic E-state index is 12.3. The second-order valence-corrected chi connectivity index (χ2v) is 6.63. The molecule has 0 spiro atoms. The van der Waals surface area contributed by atoms with Crippen LogP contribution < -0.4 is 10.1 Å². The molecule has 1 saturated heterocycles. The van der Waals surface area contributed by atoms with Gasteiger partial charge in [0.05, 0.1) is 13.2 Å². The van der Waals surface area contributed by atoms with Gasteiger partial charge in [0.2, 0.25) is 11.8 Å². The molecule has 1 heterocycles. The summed E-state index contributed by atoms with van der Waals surface area (Å²) in [7, 11) is 1.63. The monoisotopic (exact) mass is 367 g/mol. The van der Waals surface area contributed by atoms with Gasteiger partial charge >= 0.3 is 0 Å². The van der Waals surface area contributed by atoms with Crippen molar-refractivity contribution >= 4 is 23.4 Å². The van der Waals surface area contributed by atoms with Crippen molar-refractivity contribution in [1.29, 1.82) is 0 Å². The number of piperazine rings is 1. The van der Waals surface area contributed by atoms with E-state index in [1.165, 1.54) is 0 Å². The molecule has 2 amide bonds. The molecule has 6 nitrogen and oxygen atoms in total. The highest BCUT2D eigenvalue weighted by molar-refractivity contribution is 6.30. The van der Waals surface area contributed by atoms with Crippen LogP contribution in [0.3, 0.4) is 0 Å². The molecule has 1 aliphatic heterocycles. The summed E-state index contributed by atoms with van der Waals surface area (Å²) in [4.78, 5) is 27.6. The first-order valence-corrected chi connectivity index (χ1v) is 8.97. The summed E-state index contributed by atoms with van der Waals surface area (Å²) >= 11 is 5.92. The zero-order valence-electron chi connectivity index (χ0n) is 14.9. The molecule has 138 valence electrons. The molecule has 0 bridgehead atoms. The minimum Gasteiger partial charge on any atom is -0.493 e. The van der Waals surface area contributed by atoms with E-state index in [4.69, 9.17) is 16.3 Å². The highest BCUT2D eigenvalue weighted by Gasteiger charge is 2.21. The number of ether oxygens (including phenoxy) is 1. The molecule has 25 heavy (non-hydrogen) atoms. The van der Waals surface area contributed by atoms with E-state index in [0.29, 0.717) is 44.1 Å². The number of amides is 2. The van der Waals surface area contributed by atoms with E-state index in [1.807, 2.05) is 24.0 Å². The Morgan fingerprint density at radius 1 is 1.24 bits per heavy atom. The van der Waals surface area contributed by atoms with Crippen molar-refractivity contribution in [2.24, 2.45) is 0 Å². The summed E-state index contributed by atoms with van der Waals surface area (Å²) in [6, 6.07) is 5.51.